The minimum Gasteiger partial charge on any atom is -0.478 e. The van der Waals surface area contributed by atoms with Gasteiger partial charge in [-0.25, -0.2) is 13.6 Å². The Labute approximate surface area is 101 Å². The quantitative estimate of drug-likeness (QED) is 0.614. The van der Waals surface area contributed by atoms with E-state index >= 15 is 0 Å². The highest BCUT2D eigenvalue weighted by Crippen LogP contribution is 2.25. The smallest absolute Gasteiger partial charge is 0.336 e. The molecule has 0 aliphatic rings. The van der Waals surface area contributed by atoms with E-state index in [4.69, 9.17) is 10.8 Å². The predicted molar refractivity (Wildman–Crippen MR) is 58.0 cm³/mol. The number of benzene rings is 1. The highest BCUT2D eigenvalue weighted by atomic mass is 19.2. The van der Waals surface area contributed by atoms with E-state index in [-0.39, 0.29) is 18.5 Å². The van der Waals surface area contributed by atoms with Crippen LogP contribution in [0.25, 0.3) is 0 Å². The number of hydrogen-bond donors (Lipinski definition) is 4. The first-order valence-corrected chi connectivity index (χ1v) is 5.17. The summed E-state index contributed by atoms with van der Waals surface area (Å²) in [4.78, 5) is 10.9. The Kier molecular flexibility index (Phi) is 4.71. The van der Waals surface area contributed by atoms with Crippen LogP contribution in [0.1, 0.15) is 28.4 Å². The SMILES string of the molecule is NCCC(O)C(O)c1cc(F)c(F)cc1C(=O)O. The summed E-state index contributed by atoms with van der Waals surface area (Å²) < 4.78 is 26.0. The number of aromatic carboxylic acids is 1. The number of aliphatic hydroxyl groups is 2. The van der Waals surface area contributed by atoms with E-state index in [9.17, 15) is 23.8 Å². The summed E-state index contributed by atoms with van der Waals surface area (Å²) in [7, 11) is 0. The molecule has 2 unspecified atom stereocenters. The van der Waals surface area contributed by atoms with Crippen LogP contribution in [0.2, 0.25) is 0 Å². The van der Waals surface area contributed by atoms with Gasteiger partial charge < -0.3 is 21.1 Å². The van der Waals surface area contributed by atoms with E-state index in [0.717, 1.165) is 0 Å². The second-order valence-electron chi connectivity index (χ2n) is 3.75. The number of aliphatic hydroxyl groups excluding tert-OH is 2. The Morgan fingerprint density at radius 3 is 2.33 bits per heavy atom. The topological polar surface area (TPSA) is 104 Å². The van der Waals surface area contributed by atoms with Crippen molar-refractivity contribution < 1.29 is 28.9 Å². The number of nitrogens with two attached hydrogens (primary N) is 1. The van der Waals surface area contributed by atoms with Crippen LogP contribution in [-0.2, 0) is 0 Å². The zero-order chi connectivity index (χ0) is 13.9. The summed E-state index contributed by atoms with van der Waals surface area (Å²) >= 11 is 0. The van der Waals surface area contributed by atoms with Crippen LogP contribution in [0.15, 0.2) is 12.1 Å². The fraction of sp³-hybridized carbons (Fsp3) is 0.364. The van der Waals surface area contributed by atoms with Gasteiger partial charge in [0.25, 0.3) is 0 Å². The van der Waals surface area contributed by atoms with Crippen LogP contribution in [-0.4, -0.2) is 33.9 Å². The lowest BCUT2D eigenvalue weighted by Crippen LogP contribution is -2.24. The van der Waals surface area contributed by atoms with Gasteiger partial charge in [0.15, 0.2) is 11.6 Å². The molecule has 0 aliphatic heterocycles. The highest BCUT2D eigenvalue weighted by Gasteiger charge is 2.25. The summed E-state index contributed by atoms with van der Waals surface area (Å²) in [5.74, 6) is -4.16. The van der Waals surface area contributed by atoms with Crippen molar-refractivity contribution in [2.75, 3.05) is 6.54 Å². The zero-order valence-electron chi connectivity index (χ0n) is 9.31. The molecule has 0 heterocycles. The minimum atomic E-state index is -1.64. The van der Waals surface area contributed by atoms with Gasteiger partial charge >= 0.3 is 5.97 Å². The number of hydrogen-bond acceptors (Lipinski definition) is 4. The molecule has 100 valence electrons. The number of halogens is 2. The molecule has 1 aromatic rings. The number of carboxylic acids is 1. The maximum absolute atomic E-state index is 13.0. The van der Waals surface area contributed by atoms with Crippen molar-refractivity contribution in [1.29, 1.82) is 0 Å². The number of rotatable bonds is 5. The molecule has 5 nitrogen and oxygen atoms in total. The fourth-order valence-corrected chi connectivity index (χ4v) is 1.53. The minimum absolute atomic E-state index is 0.000773. The lowest BCUT2D eigenvalue weighted by molar-refractivity contribution is 0.0138. The van der Waals surface area contributed by atoms with Crippen molar-refractivity contribution in [2.45, 2.75) is 18.6 Å². The van der Waals surface area contributed by atoms with Gasteiger partial charge in [-0.1, -0.05) is 0 Å². The molecule has 0 radical (unpaired) electrons. The molecular weight excluding hydrogens is 248 g/mol. The summed E-state index contributed by atoms with van der Waals surface area (Å²) in [6.07, 6.45) is -2.99. The Bertz CT molecular complexity index is 453. The van der Waals surface area contributed by atoms with Crippen LogP contribution in [0.4, 0.5) is 8.78 Å². The van der Waals surface area contributed by atoms with Gasteiger partial charge in [-0.2, -0.15) is 0 Å². The average molecular weight is 261 g/mol. The van der Waals surface area contributed by atoms with Crippen LogP contribution < -0.4 is 5.73 Å². The van der Waals surface area contributed by atoms with Crippen LogP contribution in [0.3, 0.4) is 0 Å². The Hall–Kier alpha value is -1.57. The number of carbonyl (C=O) groups is 1. The van der Waals surface area contributed by atoms with E-state index in [1.807, 2.05) is 0 Å². The van der Waals surface area contributed by atoms with Crippen LogP contribution in [0.5, 0.6) is 0 Å². The van der Waals surface area contributed by atoms with Crippen molar-refractivity contribution in [1.82, 2.24) is 0 Å². The number of carboxylic acid groups (broad SMARTS) is 1. The van der Waals surface area contributed by atoms with E-state index in [0.29, 0.717) is 12.1 Å². The maximum Gasteiger partial charge on any atom is 0.336 e. The normalized spacial score (nSPS) is 14.3. The van der Waals surface area contributed by atoms with E-state index in [1.165, 1.54) is 0 Å². The molecular formula is C11H13F2NO4. The molecule has 18 heavy (non-hydrogen) atoms. The van der Waals surface area contributed by atoms with Crippen molar-refractivity contribution in [3.63, 3.8) is 0 Å². The van der Waals surface area contributed by atoms with Gasteiger partial charge in [0, 0.05) is 5.56 Å². The molecule has 2 atom stereocenters. The molecule has 0 aromatic heterocycles. The first-order chi connectivity index (χ1) is 8.38. The molecule has 0 spiro atoms. The first-order valence-electron chi connectivity index (χ1n) is 5.17. The summed E-state index contributed by atoms with van der Waals surface area (Å²) in [6.45, 7) is 0.0598. The molecule has 0 amide bonds. The molecule has 5 N–H and O–H groups in total. The van der Waals surface area contributed by atoms with Gasteiger partial charge in [0.1, 0.15) is 6.10 Å². The maximum atomic E-state index is 13.0. The standard InChI is InChI=1S/C11H13F2NO4/c12-7-3-5(10(16)9(15)1-2-14)6(11(17)18)4-8(7)13/h3-4,9-10,15-16H,1-2,14H2,(H,17,18). The van der Waals surface area contributed by atoms with Crippen LogP contribution in [0, 0.1) is 11.6 Å². The summed E-state index contributed by atoms with van der Waals surface area (Å²) in [5, 5.41) is 28.0. The zero-order valence-corrected chi connectivity index (χ0v) is 9.31. The lowest BCUT2D eigenvalue weighted by atomic mass is 9.96. The molecule has 0 saturated heterocycles. The largest absolute Gasteiger partial charge is 0.478 e. The second-order valence-corrected chi connectivity index (χ2v) is 3.75. The molecule has 1 rings (SSSR count). The van der Waals surface area contributed by atoms with E-state index in [1.54, 1.807) is 0 Å². The van der Waals surface area contributed by atoms with Crippen LogP contribution >= 0.6 is 0 Å². The average Bonchev–Trinajstić information content (AvgIpc) is 2.31. The Morgan fingerprint density at radius 2 is 1.83 bits per heavy atom. The second kappa shape index (κ2) is 5.85. The Morgan fingerprint density at radius 1 is 1.28 bits per heavy atom. The molecule has 0 fully saturated rings. The fourth-order valence-electron chi connectivity index (χ4n) is 1.53. The van der Waals surface area contributed by atoms with E-state index in [2.05, 4.69) is 0 Å². The van der Waals surface area contributed by atoms with E-state index < -0.39 is 35.4 Å². The summed E-state index contributed by atoms with van der Waals surface area (Å²) in [5.41, 5.74) is 4.19. The van der Waals surface area contributed by atoms with Gasteiger partial charge in [-0.15, -0.1) is 0 Å². The Balaban J connectivity index is 3.21. The van der Waals surface area contributed by atoms with Gasteiger partial charge in [-0.05, 0) is 25.1 Å². The monoisotopic (exact) mass is 261 g/mol. The molecule has 7 heteroatoms. The predicted octanol–water partition coefficient (Wildman–Crippen LogP) is 0.406. The van der Waals surface area contributed by atoms with Gasteiger partial charge in [0.05, 0.1) is 11.7 Å². The van der Waals surface area contributed by atoms with Gasteiger partial charge in [-0.3, -0.25) is 0 Å². The van der Waals surface area contributed by atoms with Gasteiger partial charge in [0.2, 0.25) is 0 Å². The van der Waals surface area contributed by atoms with Crippen molar-refractivity contribution in [3.05, 3.63) is 34.9 Å². The molecule has 0 bridgehead atoms. The molecule has 1 aromatic carbocycles. The molecule has 0 saturated carbocycles. The third kappa shape index (κ3) is 3.00. The molecule has 0 aliphatic carbocycles. The third-order valence-electron chi connectivity index (χ3n) is 2.47. The third-order valence-corrected chi connectivity index (χ3v) is 2.47. The van der Waals surface area contributed by atoms with Crippen molar-refractivity contribution >= 4 is 5.97 Å². The summed E-state index contributed by atoms with van der Waals surface area (Å²) in [6, 6.07) is 1.02. The highest BCUT2D eigenvalue weighted by molar-refractivity contribution is 5.89. The first kappa shape index (κ1) is 14.5. The lowest BCUT2D eigenvalue weighted by Gasteiger charge is -2.19. The van der Waals surface area contributed by atoms with Crippen molar-refractivity contribution in [3.8, 4) is 0 Å². The van der Waals surface area contributed by atoms with Crippen molar-refractivity contribution in [2.24, 2.45) is 5.73 Å².